The van der Waals surface area contributed by atoms with Crippen LogP contribution in [0.2, 0.25) is 0 Å². The van der Waals surface area contributed by atoms with E-state index in [9.17, 15) is 22.8 Å². The van der Waals surface area contributed by atoms with Gasteiger partial charge in [-0.25, -0.2) is 4.79 Å². The van der Waals surface area contributed by atoms with E-state index >= 15 is 0 Å². The van der Waals surface area contributed by atoms with Gasteiger partial charge in [0.15, 0.2) is 5.69 Å². The van der Waals surface area contributed by atoms with Gasteiger partial charge in [0, 0.05) is 51.4 Å². The zero-order valence-corrected chi connectivity index (χ0v) is 18.1. The number of aromatic amines is 1. The molecule has 2 aliphatic rings. The number of piperidine rings is 1. The Balaban J connectivity index is 1.46. The predicted octanol–water partition coefficient (Wildman–Crippen LogP) is 3.49. The Morgan fingerprint density at radius 1 is 1.09 bits per heavy atom. The Bertz CT molecular complexity index is 1010. The minimum atomic E-state index is -4.40. The van der Waals surface area contributed by atoms with Crippen molar-refractivity contribution in [2.45, 2.75) is 37.9 Å². The summed E-state index contributed by atoms with van der Waals surface area (Å²) in [5.41, 5.74) is 1.57. The third kappa shape index (κ3) is 4.18. The summed E-state index contributed by atoms with van der Waals surface area (Å²) in [6, 6.07) is 5.55. The number of likely N-dealkylation sites (tertiary alicyclic amines) is 1. The van der Waals surface area contributed by atoms with E-state index in [0.717, 1.165) is 17.3 Å². The number of amides is 3. The van der Waals surface area contributed by atoms with Crippen LogP contribution in [-0.4, -0.2) is 70.6 Å². The van der Waals surface area contributed by atoms with E-state index in [4.69, 9.17) is 0 Å². The number of rotatable bonds is 2. The summed E-state index contributed by atoms with van der Waals surface area (Å²) in [5.74, 6) is -0.498. The van der Waals surface area contributed by atoms with Gasteiger partial charge in [0.1, 0.15) is 0 Å². The van der Waals surface area contributed by atoms with Crippen molar-refractivity contribution in [1.82, 2.24) is 24.9 Å². The number of aromatic nitrogens is 2. The summed E-state index contributed by atoms with van der Waals surface area (Å²) < 4.78 is 40.2. The second kappa shape index (κ2) is 8.48. The van der Waals surface area contributed by atoms with Crippen molar-refractivity contribution in [3.8, 4) is 0 Å². The second-order valence-electron chi connectivity index (χ2n) is 8.53. The zero-order valence-electron chi connectivity index (χ0n) is 18.1. The number of H-pyrrole nitrogens is 1. The molecule has 1 N–H and O–H groups in total. The van der Waals surface area contributed by atoms with Gasteiger partial charge in [-0.3, -0.25) is 9.89 Å². The van der Waals surface area contributed by atoms with E-state index in [1.54, 1.807) is 30.0 Å². The van der Waals surface area contributed by atoms with Crippen LogP contribution in [0.15, 0.2) is 24.3 Å². The summed E-state index contributed by atoms with van der Waals surface area (Å²) in [4.78, 5) is 30.3. The molecule has 0 aliphatic carbocycles. The highest BCUT2D eigenvalue weighted by Gasteiger charge is 2.37. The van der Waals surface area contributed by atoms with E-state index in [1.165, 1.54) is 17.0 Å². The van der Waals surface area contributed by atoms with Crippen LogP contribution in [0, 0.1) is 0 Å². The zero-order chi connectivity index (χ0) is 23.0. The molecule has 4 rings (SSSR count). The average Bonchev–Trinajstić information content (AvgIpc) is 3.20. The van der Waals surface area contributed by atoms with Crippen molar-refractivity contribution in [3.63, 3.8) is 0 Å². The molecular formula is C22H26F3N5O2. The van der Waals surface area contributed by atoms with Crippen molar-refractivity contribution >= 4 is 11.9 Å². The summed E-state index contributed by atoms with van der Waals surface area (Å²) in [5, 5.41) is 7.14. The molecule has 3 amide bonds. The molecular weight excluding hydrogens is 423 g/mol. The molecule has 0 bridgehead atoms. The number of nitrogens with one attached hydrogen (secondary N) is 1. The van der Waals surface area contributed by atoms with E-state index in [2.05, 4.69) is 10.2 Å². The van der Waals surface area contributed by atoms with Gasteiger partial charge in [0.2, 0.25) is 0 Å². The number of alkyl halides is 3. The molecule has 1 aromatic heterocycles. The number of carbonyl (C=O) groups excluding carboxylic acids is 2. The molecule has 2 aliphatic heterocycles. The third-order valence-corrected chi connectivity index (χ3v) is 6.28. The molecule has 0 atom stereocenters. The number of carbonyl (C=O) groups is 2. The number of benzene rings is 1. The van der Waals surface area contributed by atoms with Crippen molar-refractivity contribution in [2.75, 3.05) is 33.7 Å². The van der Waals surface area contributed by atoms with Crippen molar-refractivity contribution in [2.24, 2.45) is 0 Å². The van der Waals surface area contributed by atoms with Crippen LogP contribution >= 0.6 is 0 Å². The van der Waals surface area contributed by atoms with Crippen LogP contribution in [0.3, 0.4) is 0 Å². The van der Waals surface area contributed by atoms with Crippen molar-refractivity contribution in [3.05, 3.63) is 52.3 Å². The van der Waals surface area contributed by atoms with Crippen molar-refractivity contribution in [1.29, 1.82) is 0 Å². The summed E-state index contributed by atoms with van der Waals surface area (Å²) in [7, 11) is 3.36. The first-order valence-electron chi connectivity index (χ1n) is 10.6. The minimum absolute atomic E-state index is 0.126. The minimum Gasteiger partial charge on any atom is -0.337 e. The second-order valence-corrected chi connectivity index (χ2v) is 8.53. The normalized spacial score (nSPS) is 17.3. The van der Waals surface area contributed by atoms with Gasteiger partial charge in [0.25, 0.3) is 5.91 Å². The van der Waals surface area contributed by atoms with Crippen LogP contribution in [0.1, 0.15) is 51.6 Å². The van der Waals surface area contributed by atoms with E-state index < -0.39 is 11.7 Å². The smallest absolute Gasteiger partial charge is 0.337 e. The lowest BCUT2D eigenvalue weighted by atomic mass is 9.86. The topological polar surface area (TPSA) is 72.5 Å². The van der Waals surface area contributed by atoms with E-state index in [1.807, 2.05) is 0 Å². The Morgan fingerprint density at radius 2 is 1.78 bits per heavy atom. The van der Waals surface area contributed by atoms with E-state index in [0.29, 0.717) is 56.7 Å². The molecule has 1 saturated heterocycles. The fraction of sp³-hybridized carbons (Fsp3) is 0.500. The Hall–Kier alpha value is -3.04. The highest BCUT2D eigenvalue weighted by atomic mass is 19.4. The molecule has 2 aromatic rings. The summed E-state index contributed by atoms with van der Waals surface area (Å²) in [6.07, 6.45) is -2.90. The van der Waals surface area contributed by atoms with Gasteiger partial charge < -0.3 is 14.7 Å². The molecule has 1 aromatic carbocycles. The maximum atomic E-state index is 13.4. The highest BCUT2D eigenvalue weighted by Crippen LogP contribution is 2.38. The van der Waals surface area contributed by atoms with Crippen LogP contribution < -0.4 is 0 Å². The largest absolute Gasteiger partial charge is 0.416 e. The molecule has 172 valence electrons. The molecule has 1 fully saturated rings. The number of fused-ring (bicyclic) bond motifs is 1. The number of urea groups is 1. The van der Waals surface area contributed by atoms with E-state index in [-0.39, 0.29) is 17.9 Å². The fourth-order valence-electron chi connectivity index (χ4n) is 4.57. The number of hydrogen-bond acceptors (Lipinski definition) is 3. The number of hydrogen-bond donors (Lipinski definition) is 1. The molecule has 0 unspecified atom stereocenters. The quantitative estimate of drug-likeness (QED) is 0.763. The van der Waals surface area contributed by atoms with Gasteiger partial charge in [-0.2, -0.15) is 18.3 Å². The molecule has 7 nitrogen and oxygen atoms in total. The Kier molecular flexibility index (Phi) is 5.87. The monoisotopic (exact) mass is 449 g/mol. The number of halogens is 3. The molecule has 10 heteroatoms. The van der Waals surface area contributed by atoms with Gasteiger partial charge in [-0.05, 0) is 30.4 Å². The Morgan fingerprint density at radius 3 is 2.44 bits per heavy atom. The van der Waals surface area contributed by atoms with Gasteiger partial charge >= 0.3 is 12.2 Å². The maximum Gasteiger partial charge on any atom is 0.416 e. The van der Waals surface area contributed by atoms with Crippen molar-refractivity contribution < 1.29 is 22.8 Å². The lowest BCUT2D eigenvalue weighted by molar-refractivity contribution is -0.138. The standard InChI is InChI=1S/C22H26F3N5O2/c1-28(2)21(32)30-12-9-18-16(13-30)19(27-26-18)20(31)29-10-7-14(8-11-29)15-5-3-4-6-17(15)22(23,24)25/h3-6,14H,7-13H2,1-2H3,(H,26,27). The first-order chi connectivity index (χ1) is 15.2. The van der Waals surface area contributed by atoms with Crippen LogP contribution in [0.4, 0.5) is 18.0 Å². The van der Waals surface area contributed by atoms with Gasteiger partial charge in [0.05, 0.1) is 12.1 Å². The molecule has 0 saturated carbocycles. The summed E-state index contributed by atoms with van der Waals surface area (Å²) in [6.45, 7) is 1.57. The highest BCUT2D eigenvalue weighted by molar-refractivity contribution is 5.94. The lowest BCUT2D eigenvalue weighted by Gasteiger charge is -2.33. The van der Waals surface area contributed by atoms with Crippen LogP contribution in [0.5, 0.6) is 0 Å². The first-order valence-corrected chi connectivity index (χ1v) is 10.6. The molecule has 3 heterocycles. The third-order valence-electron chi connectivity index (χ3n) is 6.28. The molecule has 0 radical (unpaired) electrons. The SMILES string of the molecule is CN(C)C(=O)N1CCc2[nH]nc(C(=O)N3CCC(c4ccccc4C(F)(F)F)CC3)c2C1. The van der Waals surface area contributed by atoms with Gasteiger partial charge in [-0.15, -0.1) is 0 Å². The first kappa shape index (κ1) is 22.2. The van der Waals surface area contributed by atoms with Gasteiger partial charge in [-0.1, -0.05) is 18.2 Å². The lowest BCUT2D eigenvalue weighted by Crippen LogP contribution is -2.43. The average molecular weight is 449 g/mol. The van der Waals surface area contributed by atoms with Crippen LogP contribution in [0.25, 0.3) is 0 Å². The predicted molar refractivity (Wildman–Crippen MR) is 111 cm³/mol. The molecule has 0 spiro atoms. The number of nitrogens with zero attached hydrogens (tertiary/aromatic N) is 4. The Labute approximate surface area is 184 Å². The summed E-state index contributed by atoms with van der Waals surface area (Å²) >= 11 is 0. The molecule has 32 heavy (non-hydrogen) atoms. The fourth-order valence-corrected chi connectivity index (χ4v) is 4.57. The van der Waals surface area contributed by atoms with Crippen LogP contribution in [-0.2, 0) is 19.1 Å². The maximum absolute atomic E-state index is 13.4.